The van der Waals surface area contributed by atoms with Crippen LogP contribution in [0, 0.1) is 6.92 Å². The Morgan fingerprint density at radius 3 is 2.50 bits per heavy atom. The highest BCUT2D eigenvalue weighted by Gasteiger charge is 2.28. The SMILES string of the molecule is CC1=CC(=O)N/C(=N/C(=O)NC2CCCCC2NC(=O)Nc2nc(C)cc(=O)[nH]2)C1. The van der Waals surface area contributed by atoms with Crippen molar-refractivity contribution in [3.8, 4) is 0 Å². The predicted octanol–water partition coefficient (Wildman–Crippen LogP) is 1.09. The van der Waals surface area contributed by atoms with E-state index in [1.807, 2.05) is 0 Å². The summed E-state index contributed by atoms with van der Waals surface area (Å²) in [5.74, 6) is 0.0452. The number of anilines is 1. The van der Waals surface area contributed by atoms with Crippen LogP contribution in [0.4, 0.5) is 15.5 Å². The van der Waals surface area contributed by atoms with E-state index in [0.717, 1.165) is 18.4 Å². The number of carbonyl (C=O) groups is 3. The summed E-state index contributed by atoms with van der Waals surface area (Å²) in [5, 5.41) is 10.7. The molecule has 3 rings (SSSR count). The molecule has 1 aliphatic carbocycles. The lowest BCUT2D eigenvalue weighted by Gasteiger charge is -2.32. The molecule has 5 amide bonds. The molecule has 2 aliphatic rings. The molecule has 1 saturated carbocycles. The average molecular weight is 415 g/mol. The van der Waals surface area contributed by atoms with Gasteiger partial charge in [-0.15, -0.1) is 0 Å². The minimum absolute atomic E-state index is 0.0526. The Labute approximate surface area is 172 Å². The van der Waals surface area contributed by atoms with Crippen LogP contribution in [0.25, 0.3) is 0 Å². The summed E-state index contributed by atoms with van der Waals surface area (Å²) in [5.41, 5.74) is 0.942. The highest BCUT2D eigenvalue weighted by molar-refractivity contribution is 6.09. The first kappa shape index (κ1) is 21.2. The van der Waals surface area contributed by atoms with Crippen molar-refractivity contribution in [2.45, 2.75) is 58.0 Å². The number of H-pyrrole nitrogens is 1. The largest absolute Gasteiger partial charge is 0.342 e. The Morgan fingerprint density at radius 1 is 1.13 bits per heavy atom. The standard InChI is InChI=1S/C19H25N7O4/c1-10-7-14(23-15(27)8-10)24-18(29)21-12-5-3-4-6-13(12)22-19(30)26-17-20-11(2)9-16(28)25-17/h8-9,12-13H,3-7H2,1-2H3,(H2,21,23,24,27,29)(H3,20,22,25,26,28,30). The zero-order valence-electron chi connectivity index (χ0n) is 16.9. The number of amides is 5. The van der Waals surface area contributed by atoms with Gasteiger partial charge in [0.25, 0.3) is 5.56 Å². The second-order valence-electron chi connectivity index (χ2n) is 7.50. The third-order valence-electron chi connectivity index (χ3n) is 4.82. The van der Waals surface area contributed by atoms with Crippen LogP contribution >= 0.6 is 0 Å². The van der Waals surface area contributed by atoms with Crippen LogP contribution in [0.5, 0.6) is 0 Å². The molecule has 0 saturated heterocycles. The minimum atomic E-state index is -0.566. The fourth-order valence-electron chi connectivity index (χ4n) is 3.57. The van der Waals surface area contributed by atoms with E-state index in [0.29, 0.717) is 30.8 Å². The van der Waals surface area contributed by atoms with E-state index < -0.39 is 12.1 Å². The van der Waals surface area contributed by atoms with Crippen molar-refractivity contribution in [2.75, 3.05) is 5.32 Å². The number of urea groups is 2. The number of hydrogen-bond acceptors (Lipinski definition) is 5. The first-order valence-corrected chi connectivity index (χ1v) is 9.80. The number of amidine groups is 1. The van der Waals surface area contributed by atoms with Crippen molar-refractivity contribution < 1.29 is 14.4 Å². The zero-order chi connectivity index (χ0) is 21.7. The van der Waals surface area contributed by atoms with Gasteiger partial charge < -0.3 is 16.0 Å². The van der Waals surface area contributed by atoms with Crippen LogP contribution in [-0.4, -0.2) is 45.9 Å². The second kappa shape index (κ2) is 9.33. The lowest BCUT2D eigenvalue weighted by atomic mass is 9.90. The van der Waals surface area contributed by atoms with Gasteiger partial charge >= 0.3 is 12.1 Å². The minimum Gasteiger partial charge on any atom is -0.333 e. The summed E-state index contributed by atoms with van der Waals surface area (Å²) in [6.45, 7) is 3.45. The fraction of sp³-hybridized carbons (Fsp3) is 0.474. The molecular formula is C19H25N7O4. The van der Waals surface area contributed by atoms with Crippen LogP contribution < -0.4 is 26.8 Å². The van der Waals surface area contributed by atoms with Crippen molar-refractivity contribution >= 4 is 29.8 Å². The Bertz CT molecular complexity index is 966. The molecule has 1 fully saturated rings. The molecule has 0 spiro atoms. The molecule has 1 aliphatic heterocycles. The number of aromatic nitrogens is 2. The summed E-state index contributed by atoms with van der Waals surface area (Å²) in [7, 11) is 0. The number of aromatic amines is 1. The summed E-state index contributed by atoms with van der Waals surface area (Å²) in [6.07, 6.45) is 5.05. The van der Waals surface area contributed by atoms with Crippen molar-refractivity contribution in [3.05, 3.63) is 33.8 Å². The molecule has 0 radical (unpaired) electrons. The number of carbonyl (C=O) groups excluding carboxylic acids is 3. The molecule has 160 valence electrons. The average Bonchev–Trinajstić information content (AvgIpc) is 2.61. The van der Waals surface area contributed by atoms with Crippen LogP contribution in [0.3, 0.4) is 0 Å². The van der Waals surface area contributed by atoms with Crippen molar-refractivity contribution in [2.24, 2.45) is 4.99 Å². The van der Waals surface area contributed by atoms with E-state index in [1.54, 1.807) is 13.8 Å². The van der Waals surface area contributed by atoms with Gasteiger partial charge in [-0.1, -0.05) is 18.4 Å². The molecule has 11 heteroatoms. The number of aliphatic imine (C=N–C) groups is 1. The third-order valence-corrected chi connectivity index (χ3v) is 4.82. The monoisotopic (exact) mass is 415 g/mol. The third kappa shape index (κ3) is 6.00. The fourth-order valence-corrected chi connectivity index (χ4v) is 3.57. The first-order valence-electron chi connectivity index (χ1n) is 9.80. The van der Waals surface area contributed by atoms with Crippen LogP contribution in [0.15, 0.2) is 27.5 Å². The molecule has 11 nitrogen and oxygen atoms in total. The maximum Gasteiger partial charge on any atom is 0.342 e. The number of hydrogen-bond donors (Lipinski definition) is 5. The Morgan fingerprint density at radius 2 is 1.83 bits per heavy atom. The lowest BCUT2D eigenvalue weighted by molar-refractivity contribution is -0.115. The molecule has 2 unspecified atom stereocenters. The number of nitrogens with zero attached hydrogens (tertiary/aromatic N) is 2. The second-order valence-corrected chi connectivity index (χ2v) is 7.50. The highest BCUT2D eigenvalue weighted by atomic mass is 16.2. The van der Waals surface area contributed by atoms with Crippen molar-refractivity contribution in [1.82, 2.24) is 25.9 Å². The van der Waals surface area contributed by atoms with Crippen LogP contribution in [0.2, 0.25) is 0 Å². The molecule has 5 N–H and O–H groups in total. The molecule has 1 aromatic heterocycles. The zero-order valence-corrected chi connectivity index (χ0v) is 16.9. The number of aryl methyl sites for hydroxylation is 1. The molecule has 2 atom stereocenters. The van der Waals surface area contributed by atoms with Gasteiger partial charge in [0.15, 0.2) is 0 Å². The molecule has 2 heterocycles. The van der Waals surface area contributed by atoms with Crippen LogP contribution in [0.1, 0.15) is 44.7 Å². The molecule has 30 heavy (non-hydrogen) atoms. The number of rotatable bonds is 3. The maximum atomic E-state index is 12.3. The first-order chi connectivity index (χ1) is 14.3. The maximum absolute atomic E-state index is 12.3. The van der Waals surface area contributed by atoms with Gasteiger partial charge in [0.1, 0.15) is 5.84 Å². The summed E-state index contributed by atoms with van der Waals surface area (Å²) in [6, 6.07) is -0.377. The predicted molar refractivity (Wildman–Crippen MR) is 110 cm³/mol. The van der Waals surface area contributed by atoms with Gasteiger partial charge in [-0.3, -0.25) is 19.9 Å². The van der Waals surface area contributed by atoms with Gasteiger partial charge in [0.2, 0.25) is 11.9 Å². The van der Waals surface area contributed by atoms with Crippen LogP contribution in [-0.2, 0) is 4.79 Å². The van der Waals surface area contributed by atoms with Crippen molar-refractivity contribution in [1.29, 1.82) is 0 Å². The van der Waals surface area contributed by atoms with Gasteiger partial charge in [-0.2, -0.15) is 4.99 Å². The quantitative estimate of drug-likeness (QED) is 0.499. The smallest absolute Gasteiger partial charge is 0.333 e. The van der Waals surface area contributed by atoms with E-state index in [9.17, 15) is 19.2 Å². The topological polar surface area (TPSA) is 157 Å². The molecule has 0 aromatic carbocycles. The van der Waals surface area contributed by atoms with E-state index >= 15 is 0 Å². The van der Waals surface area contributed by atoms with E-state index in [4.69, 9.17) is 0 Å². The van der Waals surface area contributed by atoms with E-state index in [1.165, 1.54) is 12.1 Å². The molecule has 0 bridgehead atoms. The van der Waals surface area contributed by atoms with Gasteiger partial charge in [-0.25, -0.2) is 14.6 Å². The summed E-state index contributed by atoms with van der Waals surface area (Å²) in [4.78, 5) is 58.2. The van der Waals surface area contributed by atoms with Gasteiger partial charge in [0, 0.05) is 24.3 Å². The normalized spacial score (nSPS) is 22.7. The van der Waals surface area contributed by atoms with Gasteiger partial charge in [-0.05, 0) is 26.7 Å². The molecule has 1 aromatic rings. The Hall–Kier alpha value is -3.50. The van der Waals surface area contributed by atoms with Crippen molar-refractivity contribution in [3.63, 3.8) is 0 Å². The highest BCUT2D eigenvalue weighted by Crippen LogP contribution is 2.19. The summed E-state index contributed by atoms with van der Waals surface area (Å²) >= 11 is 0. The van der Waals surface area contributed by atoms with E-state index in [-0.39, 0.29) is 29.5 Å². The Kier molecular flexibility index (Phi) is 6.60. The van der Waals surface area contributed by atoms with E-state index in [2.05, 4.69) is 36.2 Å². The molecular weight excluding hydrogens is 390 g/mol. The summed E-state index contributed by atoms with van der Waals surface area (Å²) < 4.78 is 0. The number of nitrogens with one attached hydrogen (secondary N) is 5. The Balaban J connectivity index is 1.59. The lowest BCUT2D eigenvalue weighted by Crippen LogP contribution is -2.53. The van der Waals surface area contributed by atoms with Gasteiger partial charge in [0.05, 0.1) is 12.1 Å².